The van der Waals surface area contributed by atoms with Gasteiger partial charge in [0, 0.05) is 21.6 Å². The number of para-hydroxylation sites is 1. The third-order valence-electron chi connectivity index (χ3n) is 8.46. The van der Waals surface area contributed by atoms with Crippen LogP contribution in [0.5, 0.6) is 0 Å². The van der Waals surface area contributed by atoms with Gasteiger partial charge in [-0.05, 0) is 72.3 Å². The first-order chi connectivity index (χ1) is 15.8. The van der Waals surface area contributed by atoms with Gasteiger partial charge in [-0.2, -0.15) is 0 Å². The summed E-state index contributed by atoms with van der Waals surface area (Å²) in [6.07, 6.45) is 3.20. The molecule has 0 bridgehead atoms. The maximum atomic E-state index is 13.9. The van der Waals surface area contributed by atoms with Crippen molar-refractivity contribution >= 4 is 40.0 Å². The van der Waals surface area contributed by atoms with Crippen LogP contribution in [0.4, 0.5) is 5.69 Å². The zero-order valence-electron chi connectivity index (χ0n) is 19.3. The lowest BCUT2D eigenvalue weighted by atomic mass is 9.56. The van der Waals surface area contributed by atoms with Crippen molar-refractivity contribution < 1.29 is 9.59 Å². The van der Waals surface area contributed by atoms with Gasteiger partial charge in [-0.15, -0.1) is 0 Å². The van der Waals surface area contributed by atoms with Crippen LogP contribution in [0.25, 0.3) is 10.9 Å². The number of hydrogen-bond acceptors (Lipinski definition) is 2. The molecule has 4 nitrogen and oxygen atoms in total. The Labute approximate surface area is 199 Å². The number of anilines is 1. The molecule has 1 saturated carbocycles. The lowest BCUT2D eigenvalue weighted by molar-refractivity contribution is -0.123. The standard InChI is InChI=1S/C28H29ClN2O2/c1-28(2,3)15-11-12-18-20(13-15)23-24(25-22(18)19-9-4-5-10-21(19)30-25)27(33)31(26(23)32)17-8-6-7-16(29)14-17/h4-10,14-15,18,20,23-24,30H,11-13H2,1-3H3/t15-,18-,20-,23-,24+/m1/s1. The average Bonchev–Trinajstić information content (AvgIpc) is 3.28. The van der Waals surface area contributed by atoms with Crippen molar-refractivity contribution in [3.05, 3.63) is 64.8 Å². The van der Waals surface area contributed by atoms with Crippen LogP contribution in [0.1, 0.15) is 63.1 Å². The molecule has 2 amide bonds. The maximum Gasteiger partial charge on any atom is 0.243 e. The zero-order valence-corrected chi connectivity index (χ0v) is 20.0. The molecule has 3 aliphatic rings. The fourth-order valence-corrected chi connectivity index (χ4v) is 7.06. The summed E-state index contributed by atoms with van der Waals surface area (Å²) in [7, 11) is 0. The van der Waals surface area contributed by atoms with Gasteiger partial charge in [-0.1, -0.05) is 56.6 Å². The number of hydrogen-bond donors (Lipinski definition) is 1. The number of aromatic nitrogens is 1. The SMILES string of the molecule is CC(C)(C)[C@@H]1CC[C@H]2c3c([nH]c4ccccc34)[C@H]3C(=O)N(c4cccc(Cl)c4)C(=O)[C@@H]3[C@@H]2C1. The monoisotopic (exact) mass is 460 g/mol. The Hall–Kier alpha value is -2.59. The van der Waals surface area contributed by atoms with E-state index in [-0.39, 0.29) is 29.1 Å². The second-order valence-electron chi connectivity index (χ2n) is 11.1. The predicted octanol–water partition coefficient (Wildman–Crippen LogP) is 6.65. The molecule has 170 valence electrons. The van der Waals surface area contributed by atoms with Gasteiger partial charge in [0.25, 0.3) is 0 Å². The fourth-order valence-electron chi connectivity index (χ4n) is 6.87. The van der Waals surface area contributed by atoms with Crippen LogP contribution in [0.3, 0.4) is 0 Å². The van der Waals surface area contributed by atoms with Gasteiger partial charge >= 0.3 is 0 Å². The van der Waals surface area contributed by atoms with E-state index in [9.17, 15) is 9.59 Å². The number of imide groups is 1. The zero-order chi connectivity index (χ0) is 23.1. The molecule has 5 atom stereocenters. The molecule has 0 unspecified atom stereocenters. The largest absolute Gasteiger partial charge is 0.357 e. The minimum atomic E-state index is -0.459. The molecule has 1 aliphatic heterocycles. The van der Waals surface area contributed by atoms with Crippen LogP contribution in [0.15, 0.2) is 48.5 Å². The van der Waals surface area contributed by atoms with E-state index in [0.29, 0.717) is 22.5 Å². The number of amides is 2. The lowest BCUT2D eigenvalue weighted by Crippen LogP contribution is -2.41. The molecule has 0 spiro atoms. The highest BCUT2D eigenvalue weighted by atomic mass is 35.5. The summed E-state index contributed by atoms with van der Waals surface area (Å²) in [6, 6.07) is 15.4. The summed E-state index contributed by atoms with van der Waals surface area (Å²) in [5.41, 5.74) is 4.04. The summed E-state index contributed by atoms with van der Waals surface area (Å²) < 4.78 is 0. The molecule has 3 aromatic rings. The van der Waals surface area contributed by atoms with Gasteiger partial charge in [0.2, 0.25) is 11.8 Å². The Morgan fingerprint density at radius 1 is 1.00 bits per heavy atom. The number of H-pyrrole nitrogens is 1. The maximum absolute atomic E-state index is 13.9. The lowest BCUT2D eigenvalue weighted by Gasteiger charge is -2.47. The van der Waals surface area contributed by atoms with Gasteiger partial charge in [0.15, 0.2) is 0 Å². The molecule has 2 aromatic carbocycles. The van der Waals surface area contributed by atoms with E-state index in [1.807, 2.05) is 6.07 Å². The van der Waals surface area contributed by atoms with Crippen LogP contribution in [-0.4, -0.2) is 16.8 Å². The molecular formula is C28H29ClN2O2. The Morgan fingerprint density at radius 3 is 2.55 bits per heavy atom. The molecule has 0 radical (unpaired) electrons. The molecule has 1 saturated heterocycles. The third kappa shape index (κ3) is 3.03. The molecule has 1 N–H and O–H groups in total. The second kappa shape index (κ2) is 7.20. The van der Waals surface area contributed by atoms with Crippen LogP contribution >= 0.6 is 11.6 Å². The molecule has 2 heterocycles. The van der Waals surface area contributed by atoms with E-state index >= 15 is 0 Å². The number of benzene rings is 2. The molecule has 33 heavy (non-hydrogen) atoms. The molecule has 5 heteroatoms. The van der Waals surface area contributed by atoms with Gasteiger partial charge in [0.1, 0.15) is 0 Å². The number of nitrogens with one attached hydrogen (secondary N) is 1. The number of aromatic amines is 1. The fraction of sp³-hybridized carbons (Fsp3) is 0.429. The van der Waals surface area contributed by atoms with Crippen LogP contribution in [-0.2, 0) is 9.59 Å². The van der Waals surface area contributed by atoms with E-state index < -0.39 is 5.92 Å². The van der Waals surface area contributed by atoms with E-state index in [4.69, 9.17) is 11.6 Å². The summed E-state index contributed by atoms with van der Waals surface area (Å²) in [6.45, 7) is 6.90. The number of rotatable bonds is 1. The third-order valence-corrected chi connectivity index (χ3v) is 8.70. The smallest absolute Gasteiger partial charge is 0.243 e. The van der Waals surface area contributed by atoms with Crippen LogP contribution in [0, 0.1) is 23.2 Å². The summed E-state index contributed by atoms with van der Waals surface area (Å²) >= 11 is 6.23. The van der Waals surface area contributed by atoms with Crippen molar-refractivity contribution in [2.75, 3.05) is 4.90 Å². The number of carbonyl (C=O) groups excluding carboxylic acids is 2. The van der Waals surface area contributed by atoms with Crippen molar-refractivity contribution in [3.8, 4) is 0 Å². The van der Waals surface area contributed by atoms with E-state index in [1.54, 1.807) is 24.3 Å². The Morgan fingerprint density at radius 2 is 1.79 bits per heavy atom. The summed E-state index contributed by atoms with van der Waals surface area (Å²) in [5, 5.41) is 1.73. The van der Waals surface area contributed by atoms with Crippen LogP contribution < -0.4 is 4.90 Å². The molecule has 1 aromatic heterocycles. The Kier molecular flexibility index (Phi) is 4.58. The highest BCUT2D eigenvalue weighted by Gasteiger charge is 2.59. The predicted molar refractivity (Wildman–Crippen MR) is 132 cm³/mol. The Balaban J connectivity index is 1.53. The first-order valence-electron chi connectivity index (χ1n) is 12.0. The van der Waals surface area contributed by atoms with Crippen LogP contribution in [0.2, 0.25) is 5.02 Å². The topological polar surface area (TPSA) is 53.2 Å². The number of carbonyl (C=O) groups is 2. The molecule has 2 aliphatic carbocycles. The van der Waals surface area contributed by atoms with E-state index in [0.717, 1.165) is 30.5 Å². The average molecular weight is 461 g/mol. The summed E-state index contributed by atoms with van der Waals surface area (Å²) in [5.74, 6) is 0.0187. The number of fused-ring (bicyclic) bond motifs is 8. The number of nitrogens with zero attached hydrogens (tertiary/aromatic N) is 1. The molecular weight excluding hydrogens is 432 g/mol. The second-order valence-corrected chi connectivity index (χ2v) is 11.6. The van der Waals surface area contributed by atoms with Gasteiger partial charge in [-0.3, -0.25) is 9.59 Å². The normalized spacial score (nSPS) is 29.2. The van der Waals surface area contributed by atoms with Crippen molar-refractivity contribution in [1.82, 2.24) is 4.98 Å². The van der Waals surface area contributed by atoms with Crippen molar-refractivity contribution in [1.29, 1.82) is 0 Å². The van der Waals surface area contributed by atoms with E-state index in [1.165, 1.54) is 15.8 Å². The van der Waals surface area contributed by atoms with E-state index in [2.05, 4.69) is 44.0 Å². The van der Waals surface area contributed by atoms with Gasteiger partial charge in [0.05, 0.1) is 17.5 Å². The molecule has 6 rings (SSSR count). The minimum Gasteiger partial charge on any atom is -0.357 e. The first kappa shape index (κ1) is 21.0. The minimum absolute atomic E-state index is 0.0684. The quantitative estimate of drug-likeness (QED) is 0.413. The molecule has 2 fully saturated rings. The number of halogens is 1. The Bertz CT molecular complexity index is 1290. The van der Waals surface area contributed by atoms with Gasteiger partial charge < -0.3 is 4.98 Å². The summed E-state index contributed by atoms with van der Waals surface area (Å²) in [4.78, 5) is 32.8. The highest BCUT2D eigenvalue weighted by Crippen LogP contribution is 2.60. The van der Waals surface area contributed by atoms with Crippen molar-refractivity contribution in [2.45, 2.75) is 51.9 Å². The van der Waals surface area contributed by atoms with Crippen molar-refractivity contribution in [2.24, 2.45) is 23.2 Å². The van der Waals surface area contributed by atoms with Gasteiger partial charge in [-0.25, -0.2) is 4.90 Å². The first-order valence-corrected chi connectivity index (χ1v) is 12.4. The van der Waals surface area contributed by atoms with Crippen molar-refractivity contribution in [3.63, 3.8) is 0 Å². The highest BCUT2D eigenvalue weighted by molar-refractivity contribution is 6.31.